The van der Waals surface area contributed by atoms with Crippen molar-refractivity contribution in [3.63, 3.8) is 0 Å². The number of hydrogen-bond acceptors (Lipinski definition) is 7. The zero-order valence-electron chi connectivity index (χ0n) is 18.8. The monoisotopic (exact) mass is 454 g/mol. The van der Waals surface area contributed by atoms with E-state index in [1.807, 2.05) is 36.1 Å². The van der Waals surface area contributed by atoms with Crippen molar-refractivity contribution in [3.8, 4) is 11.5 Å². The number of carbonyl (C=O) groups is 2. The zero-order valence-corrected chi connectivity index (χ0v) is 18.8. The van der Waals surface area contributed by atoms with Crippen molar-refractivity contribution in [1.82, 2.24) is 4.90 Å². The van der Waals surface area contributed by atoms with E-state index in [2.05, 4.69) is 15.5 Å². The molecule has 1 saturated heterocycles. The third-order valence-corrected chi connectivity index (χ3v) is 5.65. The Balaban J connectivity index is 1.21. The van der Waals surface area contributed by atoms with Crippen LogP contribution in [0, 0.1) is 0 Å². The van der Waals surface area contributed by atoms with Crippen molar-refractivity contribution in [2.75, 3.05) is 68.3 Å². The van der Waals surface area contributed by atoms with Gasteiger partial charge in [0.2, 0.25) is 18.6 Å². The molecule has 2 aromatic rings. The lowest BCUT2D eigenvalue weighted by Crippen LogP contribution is -2.36. The summed E-state index contributed by atoms with van der Waals surface area (Å²) in [6.07, 6.45) is 0.282. The van der Waals surface area contributed by atoms with Gasteiger partial charge in [0.15, 0.2) is 11.5 Å². The molecule has 0 unspecified atom stereocenters. The summed E-state index contributed by atoms with van der Waals surface area (Å²) in [6.45, 7) is 6.76. The fraction of sp³-hybridized carbons (Fsp3) is 0.417. The Bertz CT molecular complexity index is 960. The molecule has 0 radical (unpaired) electrons. The van der Waals surface area contributed by atoms with E-state index in [1.54, 1.807) is 18.2 Å². The number of morpholine rings is 1. The van der Waals surface area contributed by atoms with Crippen LogP contribution in [-0.4, -0.2) is 69.4 Å². The highest BCUT2D eigenvalue weighted by atomic mass is 16.7. The van der Waals surface area contributed by atoms with Crippen LogP contribution in [0.5, 0.6) is 11.5 Å². The number of rotatable bonds is 9. The number of hydrogen-bond donors (Lipinski definition) is 2. The highest BCUT2D eigenvalue weighted by Crippen LogP contribution is 2.34. The molecule has 4 rings (SSSR count). The maximum atomic E-state index is 12.5. The minimum atomic E-state index is -0.119. The van der Waals surface area contributed by atoms with Gasteiger partial charge in [-0.1, -0.05) is 6.92 Å². The van der Waals surface area contributed by atoms with Gasteiger partial charge in [0.25, 0.3) is 0 Å². The number of amides is 2. The summed E-state index contributed by atoms with van der Waals surface area (Å²) in [4.78, 5) is 29.1. The fourth-order valence-electron chi connectivity index (χ4n) is 3.79. The molecule has 0 spiro atoms. The maximum absolute atomic E-state index is 12.5. The first kappa shape index (κ1) is 22.9. The number of benzene rings is 2. The van der Waals surface area contributed by atoms with E-state index in [4.69, 9.17) is 14.2 Å². The van der Waals surface area contributed by atoms with E-state index in [9.17, 15) is 9.59 Å². The molecular weight excluding hydrogens is 424 g/mol. The molecule has 2 aromatic carbocycles. The average Bonchev–Trinajstić information content (AvgIpc) is 3.31. The second-order valence-electron chi connectivity index (χ2n) is 7.93. The van der Waals surface area contributed by atoms with Crippen LogP contribution >= 0.6 is 0 Å². The number of nitrogens with one attached hydrogen (secondary N) is 2. The normalized spacial score (nSPS) is 14.9. The van der Waals surface area contributed by atoms with Crippen LogP contribution in [-0.2, 0) is 14.3 Å². The van der Waals surface area contributed by atoms with Gasteiger partial charge in [-0.3, -0.25) is 14.5 Å². The Morgan fingerprint density at radius 2 is 1.64 bits per heavy atom. The second-order valence-corrected chi connectivity index (χ2v) is 7.93. The molecule has 33 heavy (non-hydrogen) atoms. The van der Waals surface area contributed by atoms with Gasteiger partial charge in [-0.2, -0.15) is 0 Å². The van der Waals surface area contributed by atoms with E-state index in [1.165, 1.54) is 0 Å². The molecule has 2 amide bonds. The summed E-state index contributed by atoms with van der Waals surface area (Å²) in [5.74, 6) is 1.07. The van der Waals surface area contributed by atoms with Gasteiger partial charge in [-0.05, 0) is 42.9 Å². The average molecular weight is 455 g/mol. The SMILES string of the molecule is CCN(CCC(=O)Nc1ccc2c(c1)OCO2)CC(=O)Nc1ccc(N2CCOCC2)cc1. The topological polar surface area (TPSA) is 92.4 Å². The first-order valence-corrected chi connectivity index (χ1v) is 11.2. The van der Waals surface area contributed by atoms with Crippen LogP contribution in [0.4, 0.5) is 17.1 Å². The minimum Gasteiger partial charge on any atom is -0.454 e. The molecule has 0 saturated carbocycles. The van der Waals surface area contributed by atoms with Crippen molar-refractivity contribution < 1.29 is 23.8 Å². The number of anilines is 3. The Labute approximate surface area is 193 Å². The van der Waals surface area contributed by atoms with Crippen molar-refractivity contribution in [3.05, 3.63) is 42.5 Å². The lowest BCUT2D eigenvalue weighted by atomic mass is 10.2. The molecular formula is C24H30N4O5. The molecule has 2 aliphatic rings. The predicted octanol–water partition coefficient (Wildman–Crippen LogP) is 2.54. The van der Waals surface area contributed by atoms with E-state index >= 15 is 0 Å². The van der Waals surface area contributed by atoms with E-state index < -0.39 is 0 Å². The van der Waals surface area contributed by atoms with Crippen molar-refractivity contribution in [2.24, 2.45) is 0 Å². The van der Waals surface area contributed by atoms with E-state index in [0.29, 0.717) is 30.3 Å². The lowest BCUT2D eigenvalue weighted by Gasteiger charge is -2.29. The van der Waals surface area contributed by atoms with E-state index in [-0.39, 0.29) is 31.6 Å². The van der Waals surface area contributed by atoms with Crippen LogP contribution in [0.1, 0.15) is 13.3 Å². The quantitative estimate of drug-likeness (QED) is 0.602. The van der Waals surface area contributed by atoms with Gasteiger partial charge in [-0.25, -0.2) is 0 Å². The molecule has 0 atom stereocenters. The molecule has 0 aromatic heterocycles. The zero-order chi connectivity index (χ0) is 23.0. The van der Waals surface area contributed by atoms with Crippen LogP contribution in [0.25, 0.3) is 0 Å². The van der Waals surface area contributed by atoms with Gasteiger partial charge >= 0.3 is 0 Å². The Kier molecular flexibility index (Phi) is 7.64. The summed E-state index contributed by atoms with van der Waals surface area (Å²) >= 11 is 0. The Hall–Kier alpha value is -3.30. The highest BCUT2D eigenvalue weighted by Gasteiger charge is 2.16. The molecule has 176 valence electrons. The van der Waals surface area contributed by atoms with Gasteiger partial charge in [0.05, 0.1) is 19.8 Å². The highest BCUT2D eigenvalue weighted by molar-refractivity contribution is 5.93. The van der Waals surface area contributed by atoms with Crippen molar-refractivity contribution in [2.45, 2.75) is 13.3 Å². The molecule has 2 heterocycles. The third-order valence-electron chi connectivity index (χ3n) is 5.65. The van der Waals surface area contributed by atoms with Gasteiger partial charge in [0, 0.05) is 49.2 Å². The number of likely N-dealkylation sites (N-methyl/N-ethyl adjacent to an activating group) is 1. The summed E-state index contributed by atoms with van der Waals surface area (Å²) in [6, 6.07) is 13.2. The van der Waals surface area contributed by atoms with Crippen molar-refractivity contribution >= 4 is 28.9 Å². The third kappa shape index (κ3) is 6.36. The Morgan fingerprint density at radius 3 is 2.39 bits per heavy atom. The number of carbonyl (C=O) groups excluding carboxylic acids is 2. The molecule has 1 fully saturated rings. The molecule has 0 aliphatic carbocycles. The molecule has 2 aliphatic heterocycles. The first-order chi connectivity index (χ1) is 16.1. The summed E-state index contributed by atoms with van der Waals surface area (Å²) in [5, 5.41) is 5.80. The van der Waals surface area contributed by atoms with Crippen LogP contribution < -0.4 is 25.0 Å². The van der Waals surface area contributed by atoms with Crippen LogP contribution in [0.15, 0.2) is 42.5 Å². The molecule has 9 nitrogen and oxygen atoms in total. The fourth-order valence-corrected chi connectivity index (χ4v) is 3.79. The summed E-state index contributed by atoms with van der Waals surface area (Å²) in [5.41, 5.74) is 2.54. The molecule has 9 heteroatoms. The largest absolute Gasteiger partial charge is 0.454 e. The summed E-state index contributed by atoms with van der Waals surface area (Å²) < 4.78 is 16.0. The van der Waals surface area contributed by atoms with Gasteiger partial charge in [-0.15, -0.1) is 0 Å². The minimum absolute atomic E-state index is 0.104. The number of nitrogens with zero attached hydrogens (tertiary/aromatic N) is 2. The summed E-state index contributed by atoms with van der Waals surface area (Å²) in [7, 11) is 0. The number of fused-ring (bicyclic) bond motifs is 1. The predicted molar refractivity (Wildman–Crippen MR) is 126 cm³/mol. The molecule has 2 N–H and O–H groups in total. The standard InChI is InChI=1S/C24H30N4O5/c1-2-27(10-9-23(29)26-19-5-8-21-22(15-19)33-17-32-21)16-24(30)25-18-3-6-20(7-4-18)28-11-13-31-14-12-28/h3-8,15H,2,9-14,16-17H2,1H3,(H,25,30)(H,26,29). The first-order valence-electron chi connectivity index (χ1n) is 11.2. The van der Waals surface area contributed by atoms with Gasteiger partial charge in [0.1, 0.15) is 0 Å². The van der Waals surface area contributed by atoms with Crippen LogP contribution in [0.3, 0.4) is 0 Å². The maximum Gasteiger partial charge on any atom is 0.238 e. The van der Waals surface area contributed by atoms with Crippen molar-refractivity contribution in [1.29, 1.82) is 0 Å². The van der Waals surface area contributed by atoms with Crippen LogP contribution in [0.2, 0.25) is 0 Å². The smallest absolute Gasteiger partial charge is 0.238 e. The van der Waals surface area contributed by atoms with Gasteiger partial charge < -0.3 is 29.7 Å². The van der Waals surface area contributed by atoms with E-state index in [0.717, 1.165) is 37.7 Å². The Morgan fingerprint density at radius 1 is 0.939 bits per heavy atom. The second kappa shape index (κ2) is 11.0. The number of ether oxygens (including phenoxy) is 3. The molecule has 0 bridgehead atoms. The lowest BCUT2D eigenvalue weighted by molar-refractivity contribution is -0.119.